The molecule has 0 atom stereocenters. The summed E-state index contributed by atoms with van der Waals surface area (Å²) in [6, 6.07) is 8.02. The molecule has 104 valence electrons. The number of hydrogen-bond donors (Lipinski definition) is 3. The SMILES string of the molecule is O=C(NCCCO)NCC1(c2ccccc2Br)CC1. The fraction of sp³-hybridized carbons (Fsp3) is 0.500. The van der Waals surface area contributed by atoms with Crippen LogP contribution >= 0.6 is 15.9 Å². The zero-order valence-corrected chi connectivity index (χ0v) is 12.4. The molecule has 1 aliphatic carbocycles. The normalized spacial score (nSPS) is 15.9. The molecule has 0 saturated heterocycles. The van der Waals surface area contributed by atoms with Crippen LogP contribution in [0.25, 0.3) is 0 Å². The summed E-state index contributed by atoms with van der Waals surface area (Å²) in [6.45, 7) is 1.26. The summed E-state index contributed by atoms with van der Waals surface area (Å²) in [7, 11) is 0. The number of aliphatic hydroxyl groups is 1. The van der Waals surface area contributed by atoms with Gasteiger partial charge in [-0.15, -0.1) is 0 Å². The van der Waals surface area contributed by atoms with Crippen LogP contribution in [0.1, 0.15) is 24.8 Å². The van der Waals surface area contributed by atoms with Crippen molar-refractivity contribution in [1.82, 2.24) is 10.6 Å². The third kappa shape index (κ3) is 3.70. The molecular weight excluding hydrogens is 308 g/mol. The second kappa shape index (κ2) is 6.39. The van der Waals surface area contributed by atoms with Gasteiger partial charge in [0.25, 0.3) is 0 Å². The quantitative estimate of drug-likeness (QED) is 0.701. The molecule has 1 aromatic carbocycles. The van der Waals surface area contributed by atoms with E-state index in [2.05, 4.69) is 32.6 Å². The average Bonchev–Trinajstić information content (AvgIpc) is 3.18. The number of benzene rings is 1. The molecule has 0 bridgehead atoms. The molecule has 4 nitrogen and oxygen atoms in total. The van der Waals surface area contributed by atoms with Gasteiger partial charge in [0.2, 0.25) is 0 Å². The van der Waals surface area contributed by atoms with Crippen molar-refractivity contribution in [2.75, 3.05) is 19.7 Å². The Balaban J connectivity index is 1.86. The minimum Gasteiger partial charge on any atom is -0.396 e. The molecule has 5 heteroatoms. The fourth-order valence-corrected chi connectivity index (χ4v) is 2.88. The Morgan fingerprint density at radius 2 is 2.05 bits per heavy atom. The molecule has 0 radical (unpaired) electrons. The monoisotopic (exact) mass is 326 g/mol. The lowest BCUT2D eigenvalue weighted by molar-refractivity contribution is 0.237. The lowest BCUT2D eigenvalue weighted by atomic mass is 9.96. The van der Waals surface area contributed by atoms with E-state index in [4.69, 9.17) is 5.11 Å². The maximum absolute atomic E-state index is 11.6. The highest BCUT2D eigenvalue weighted by Gasteiger charge is 2.45. The molecule has 0 spiro atoms. The molecule has 0 heterocycles. The third-order valence-corrected chi connectivity index (χ3v) is 4.20. The average molecular weight is 327 g/mol. The molecule has 1 aromatic rings. The number of carbonyl (C=O) groups is 1. The Kier molecular flexibility index (Phi) is 4.82. The van der Waals surface area contributed by atoms with E-state index >= 15 is 0 Å². The molecule has 0 unspecified atom stereocenters. The first-order valence-electron chi connectivity index (χ1n) is 6.55. The maximum atomic E-state index is 11.6. The van der Waals surface area contributed by atoms with Gasteiger partial charge in [-0.1, -0.05) is 34.1 Å². The number of halogens is 1. The minimum atomic E-state index is -0.160. The van der Waals surface area contributed by atoms with Gasteiger partial charge >= 0.3 is 6.03 Å². The van der Waals surface area contributed by atoms with E-state index in [1.54, 1.807) is 0 Å². The predicted octanol–water partition coefficient (Wildman–Crippen LogP) is 2.16. The molecular formula is C14H19BrN2O2. The van der Waals surface area contributed by atoms with E-state index in [0.717, 1.165) is 17.3 Å². The number of nitrogens with one attached hydrogen (secondary N) is 2. The predicted molar refractivity (Wildman–Crippen MR) is 78.2 cm³/mol. The van der Waals surface area contributed by atoms with Gasteiger partial charge in [0.1, 0.15) is 0 Å². The molecule has 3 N–H and O–H groups in total. The summed E-state index contributed by atoms with van der Waals surface area (Å²) in [4.78, 5) is 11.6. The van der Waals surface area contributed by atoms with Gasteiger partial charge in [-0.2, -0.15) is 0 Å². The van der Waals surface area contributed by atoms with E-state index in [9.17, 15) is 4.79 Å². The minimum absolute atomic E-state index is 0.0917. The molecule has 1 saturated carbocycles. The van der Waals surface area contributed by atoms with Crippen molar-refractivity contribution >= 4 is 22.0 Å². The summed E-state index contributed by atoms with van der Waals surface area (Å²) in [5, 5.41) is 14.3. The number of aliphatic hydroxyl groups excluding tert-OH is 1. The molecule has 0 aromatic heterocycles. The smallest absolute Gasteiger partial charge is 0.314 e. The molecule has 1 aliphatic rings. The standard InChI is InChI=1S/C14H19BrN2O2/c15-12-5-2-1-4-11(12)14(6-7-14)10-17-13(19)16-8-3-9-18/h1-2,4-5,18H,3,6-10H2,(H2,16,17,19). The van der Waals surface area contributed by atoms with Gasteiger partial charge in [0.05, 0.1) is 0 Å². The van der Waals surface area contributed by atoms with Gasteiger partial charge in [-0.05, 0) is 30.9 Å². The summed E-state index contributed by atoms with van der Waals surface area (Å²) in [5.74, 6) is 0. The summed E-state index contributed by atoms with van der Waals surface area (Å²) in [6.07, 6.45) is 2.79. The number of hydrogen-bond acceptors (Lipinski definition) is 2. The molecule has 0 aliphatic heterocycles. The van der Waals surface area contributed by atoms with Crippen molar-refractivity contribution in [3.63, 3.8) is 0 Å². The highest BCUT2D eigenvalue weighted by Crippen LogP contribution is 2.49. The van der Waals surface area contributed by atoms with Gasteiger partial charge in [0, 0.05) is 29.6 Å². The number of carbonyl (C=O) groups excluding carboxylic acids is 1. The van der Waals surface area contributed by atoms with Crippen LogP contribution in [-0.4, -0.2) is 30.8 Å². The first-order chi connectivity index (χ1) is 9.18. The Morgan fingerprint density at radius 1 is 1.32 bits per heavy atom. The van der Waals surface area contributed by atoms with Crippen LogP contribution in [-0.2, 0) is 5.41 Å². The Bertz CT molecular complexity index is 447. The topological polar surface area (TPSA) is 61.4 Å². The van der Waals surface area contributed by atoms with Crippen LogP contribution in [0.2, 0.25) is 0 Å². The number of urea groups is 1. The van der Waals surface area contributed by atoms with Crippen molar-refractivity contribution in [3.05, 3.63) is 34.3 Å². The Labute approximate surface area is 121 Å². The van der Waals surface area contributed by atoms with Crippen molar-refractivity contribution in [2.45, 2.75) is 24.7 Å². The van der Waals surface area contributed by atoms with Gasteiger partial charge in [0.15, 0.2) is 0 Å². The molecule has 2 rings (SSSR count). The number of rotatable bonds is 6. The van der Waals surface area contributed by atoms with Gasteiger partial charge in [-0.25, -0.2) is 4.79 Å². The first kappa shape index (κ1) is 14.3. The highest BCUT2D eigenvalue weighted by molar-refractivity contribution is 9.10. The van der Waals surface area contributed by atoms with Crippen LogP contribution < -0.4 is 10.6 Å². The summed E-state index contributed by atoms with van der Waals surface area (Å²) < 4.78 is 1.11. The van der Waals surface area contributed by atoms with E-state index < -0.39 is 0 Å². The molecule has 19 heavy (non-hydrogen) atoms. The van der Waals surface area contributed by atoms with E-state index in [1.165, 1.54) is 5.56 Å². The lowest BCUT2D eigenvalue weighted by Crippen LogP contribution is -2.40. The lowest BCUT2D eigenvalue weighted by Gasteiger charge is -2.18. The summed E-state index contributed by atoms with van der Waals surface area (Å²) in [5.41, 5.74) is 1.36. The Morgan fingerprint density at radius 3 is 2.68 bits per heavy atom. The first-order valence-corrected chi connectivity index (χ1v) is 7.35. The van der Waals surface area contributed by atoms with Crippen LogP contribution in [0.5, 0.6) is 0 Å². The Hall–Kier alpha value is -1.07. The van der Waals surface area contributed by atoms with Crippen LogP contribution in [0.3, 0.4) is 0 Å². The second-order valence-corrected chi connectivity index (χ2v) is 5.80. The van der Waals surface area contributed by atoms with Crippen LogP contribution in [0, 0.1) is 0 Å². The second-order valence-electron chi connectivity index (χ2n) is 4.95. The largest absolute Gasteiger partial charge is 0.396 e. The van der Waals surface area contributed by atoms with E-state index in [0.29, 0.717) is 19.5 Å². The summed E-state index contributed by atoms with van der Waals surface area (Å²) >= 11 is 3.57. The van der Waals surface area contributed by atoms with Crippen molar-refractivity contribution < 1.29 is 9.90 Å². The van der Waals surface area contributed by atoms with Crippen LogP contribution in [0.15, 0.2) is 28.7 Å². The van der Waals surface area contributed by atoms with Crippen molar-refractivity contribution in [2.24, 2.45) is 0 Å². The zero-order valence-electron chi connectivity index (χ0n) is 10.8. The molecule has 2 amide bonds. The van der Waals surface area contributed by atoms with Crippen LogP contribution in [0.4, 0.5) is 4.79 Å². The number of amides is 2. The molecule has 1 fully saturated rings. The van der Waals surface area contributed by atoms with Gasteiger partial charge < -0.3 is 15.7 Å². The third-order valence-electron chi connectivity index (χ3n) is 3.51. The van der Waals surface area contributed by atoms with E-state index in [1.807, 2.05) is 18.2 Å². The maximum Gasteiger partial charge on any atom is 0.314 e. The van der Waals surface area contributed by atoms with E-state index in [-0.39, 0.29) is 18.1 Å². The van der Waals surface area contributed by atoms with Gasteiger partial charge in [-0.3, -0.25) is 0 Å². The fourth-order valence-electron chi connectivity index (χ4n) is 2.18. The highest BCUT2D eigenvalue weighted by atomic mass is 79.9. The zero-order chi connectivity index (χ0) is 13.7. The van der Waals surface area contributed by atoms with Crippen molar-refractivity contribution in [3.8, 4) is 0 Å². The van der Waals surface area contributed by atoms with Crippen molar-refractivity contribution in [1.29, 1.82) is 0 Å².